The molecule has 0 unspecified atom stereocenters. The second-order valence-electron chi connectivity index (χ2n) is 2.98. The predicted octanol–water partition coefficient (Wildman–Crippen LogP) is 2.98. The minimum absolute atomic E-state index is 0.873. The standard InChI is InChI=1S/C11H7NO/c1-2-8-3-4-9-5-7-13-11(9)10(8)12-6-1/h1-7H. The van der Waals surface area contributed by atoms with E-state index in [1.54, 1.807) is 12.5 Å². The Balaban J connectivity index is 2.65. The fraction of sp³-hybridized carbons (Fsp3) is 0. The van der Waals surface area contributed by atoms with E-state index in [4.69, 9.17) is 4.42 Å². The fourth-order valence-corrected chi connectivity index (χ4v) is 1.56. The van der Waals surface area contributed by atoms with Crippen LogP contribution >= 0.6 is 0 Å². The lowest BCUT2D eigenvalue weighted by Crippen LogP contribution is -1.76. The van der Waals surface area contributed by atoms with Crippen LogP contribution in [0, 0.1) is 0 Å². The predicted molar refractivity (Wildman–Crippen MR) is 51.5 cm³/mol. The molecule has 0 N–H and O–H groups in total. The highest BCUT2D eigenvalue weighted by Crippen LogP contribution is 2.23. The Labute approximate surface area is 74.8 Å². The van der Waals surface area contributed by atoms with E-state index in [0.717, 1.165) is 21.9 Å². The molecule has 3 rings (SSSR count). The zero-order chi connectivity index (χ0) is 8.67. The first-order valence-corrected chi connectivity index (χ1v) is 4.16. The Morgan fingerprint density at radius 2 is 1.92 bits per heavy atom. The van der Waals surface area contributed by atoms with Gasteiger partial charge < -0.3 is 4.42 Å². The van der Waals surface area contributed by atoms with Gasteiger partial charge in [-0.2, -0.15) is 0 Å². The number of fused-ring (bicyclic) bond motifs is 3. The van der Waals surface area contributed by atoms with Crippen molar-refractivity contribution >= 4 is 21.9 Å². The molecule has 0 aliphatic heterocycles. The number of aromatic nitrogens is 1. The second kappa shape index (κ2) is 2.33. The summed E-state index contributed by atoms with van der Waals surface area (Å²) >= 11 is 0. The molecule has 0 radical (unpaired) electrons. The van der Waals surface area contributed by atoms with E-state index in [9.17, 15) is 0 Å². The summed E-state index contributed by atoms with van der Waals surface area (Å²) in [5, 5.41) is 2.22. The van der Waals surface area contributed by atoms with E-state index in [1.807, 2.05) is 24.3 Å². The molecule has 1 aromatic carbocycles. The largest absolute Gasteiger partial charge is 0.462 e. The van der Waals surface area contributed by atoms with Gasteiger partial charge in [0, 0.05) is 17.0 Å². The molecule has 0 spiro atoms. The molecule has 62 valence electrons. The van der Waals surface area contributed by atoms with Crippen molar-refractivity contribution < 1.29 is 4.42 Å². The quantitative estimate of drug-likeness (QED) is 0.517. The molecule has 2 heteroatoms. The Morgan fingerprint density at radius 3 is 2.92 bits per heavy atom. The van der Waals surface area contributed by atoms with Gasteiger partial charge in [0.25, 0.3) is 0 Å². The molecule has 0 aliphatic rings. The SMILES string of the molecule is c1cnc2c(c1)ccc1ccoc12. The van der Waals surface area contributed by atoms with Gasteiger partial charge in [0.1, 0.15) is 5.52 Å². The Kier molecular flexibility index (Phi) is 1.19. The summed E-state index contributed by atoms with van der Waals surface area (Å²) in [6.45, 7) is 0. The summed E-state index contributed by atoms with van der Waals surface area (Å²) in [6.07, 6.45) is 3.48. The van der Waals surface area contributed by atoms with Crippen molar-refractivity contribution in [1.82, 2.24) is 4.98 Å². The van der Waals surface area contributed by atoms with Crippen LogP contribution in [-0.2, 0) is 0 Å². The van der Waals surface area contributed by atoms with Crippen LogP contribution in [-0.4, -0.2) is 4.98 Å². The molecule has 0 aliphatic carbocycles. The summed E-state index contributed by atoms with van der Waals surface area (Å²) in [5.41, 5.74) is 1.81. The van der Waals surface area contributed by atoms with Gasteiger partial charge in [-0.3, -0.25) is 4.98 Å². The maximum Gasteiger partial charge on any atom is 0.160 e. The van der Waals surface area contributed by atoms with Gasteiger partial charge in [-0.25, -0.2) is 0 Å². The van der Waals surface area contributed by atoms with Crippen LogP contribution in [0.2, 0.25) is 0 Å². The second-order valence-corrected chi connectivity index (χ2v) is 2.98. The first-order valence-electron chi connectivity index (χ1n) is 4.16. The maximum atomic E-state index is 5.37. The number of benzene rings is 1. The molecular formula is C11H7NO. The number of hydrogen-bond acceptors (Lipinski definition) is 2. The molecule has 2 aromatic heterocycles. The molecule has 2 heterocycles. The lowest BCUT2D eigenvalue weighted by molar-refractivity contribution is 0.618. The maximum absolute atomic E-state index is 5.37. The average Bonchev–Trinajstić information content (AvgIpc) is 2.65. The fourth-order valence-electron chi connectivity index (χ4n) is 1.56. The van der Waals surface area contributed by atoms with Crippen molar-refractivity contribution in [2.75, 3.05) is 0 Å². The Hall–Kier alpha value is -1.83. The zero-order valence-corrected chi connectivity index (χ0v) is 6.90. The minimum Gasteiger partial charge on any atom is -0.462 e. The van der Waals surface area contributed by atoms with E-state index in [2.05, 4.69) is 11.1 Å². The monoisotopic (exact) mass is 169 g/mol. The summed E-state index contributed by atoms with van der Waals surface area (Å²) in [4.78, 5) is 4.29. The van der Waals surface area contributed by atoms with Crippen LogP contribution in [0.3, 0.4) is 0 Å². The van der Waals surface area contributed by atoms with Crippen LogP contribution in [0.5, 0.6) is 0 Å². The summed E-state index contributed by atoms with van der Waals surface area (Å²) < 4.78 is 5.37. The first-order chi connectivity index (χ1) is 6.45. The van der Waals surface area contributed by atoms with Gasteiger partial charge in [0.2, 0.25) is 0 Å². The highest BCUT2D eigenvalue weighted by molar-refractivity contribution is 6.01. The van der Waals surface area contributed by atoms with E-state index in [0.29, 0.717) is 0 Å². The average molecular weight is 169 g/mol. The van der Waals surface area contributed by atoms with Crippen molar-refractivity contribution in [1.29, 1.82) is 0 Å². The molecule has 0 saturated carbocycles. The van der Waals surface area contributed by atoms with Gasteiger partial charge in [0.05, 0.1) is 6.26 Å². The lowest BCUT2D eigenvalue weighted by atomic mass is 10.2. The first kappa shape index (κ1) is 6.66. The third-order valence-corrected chi connectivity index (χ3v) is 2.19. The molecule has 0 bridgehead atoms. The normalized spacial score (nSPS) is 11.1. The lowest BCUT2D eigenvalue weighted by Gasteiger charge is -1.95. The smallest absolute Gasteiger partial charge is 0.160 e. The van der Waals surface area contributed by atoms with Gasteiger partial charge in [-0.1, -0.05) is 18.2 Å². The van der Waals surface area contributed by atoms with E-state index >= 15 is 0 Å². The van der Waals surface area contributed by atoms with Crippen molar-refractivity contribution in [3.8, 4) is 0 Å². The molecule has 3 aromatic rings. The molecule has 0 saturated heterocycles. The van der Waals surface area contributed by atoms with E-state index in [-0.39, 0.29) is 0 Å². The topological polar surface area (TPSA) is 26.0 Å². The van der Waals surface area contributed by atoms with Gasteiger partial charge in [-0.15, -0.1) is 0 Å². The molecule has 0 atom stereocenters. The third-order valence-electron chi connectivity index (χ3n) is 2.19. The highest BCUT2D eigenvalue weighted by atomic mass is 16.3. The van der Waals surface area contributed by atoms with E-state index in [1.165, 1.54) is 0 Å². The number of furan rings is 1. The highest BCUT2D eigenvalue weighted by Gasteiger charge is 2.02. The Bertz CT molecular complexity index is 568. The summed E-state index contributed by atoms with van der Waals surface area (Å²) in [5.74, 6) is 0. The van der Waals surface area contributed by atoms with Crippen LogP contribution < -0.4 is 0 Å². The van der Waals surface area contributed by atoms with E-state index < -0.39 is 0 Å². The molecule has 0 amide bonds. The van der Waals surface area contributed by atoms with Crippen LogP contribution in [0.1, 0.15) is 0 Å². The third kappa shape index (κ3) is 0.855. The van der Waals surface area contributed by atoms with Gasteiger partial charge in [-0.05, 0) is 12.1 Å². The van der Waals surface area contributed by atoms with Crippen molar-refractivity contribution in [2.45, 2.75) is 0 Å². The molecular weight excluding hydrogens is 162 g/mol. The van der Waals surface area contributed by atoms with Crippen molar-refractivity contribution in [3.63, 3.8) is 0 Å². The van der Waals surface area contributed by atoms with Crippen LogP contribution in [0.15, 0.2) is 47.2 Å². The number of hydrogen-bond donors (Lipinski definition) is 0. The van der Waals surface area contributed by atoms with Gasteiger partial charge >= 0.3 is 0 Å². The Morgan fingerprint density at radius 1 is 1.00 bits per heavy atom. The van der Waals surface area contributed by atoms with Gasteiger partial charge in [0.15, 0.2) is 5.58 Å². The summed E-state index contributed by atoms with van der Waals surface area (Å²) in [6, 6.07) is 10.0. The van der Waals surface area contributed by atoms with Crippen LogP contribution in [0.25, 0.3) is 21.9 Å². The minimum atomic E-state index is 0.873. The zero-order valence-electron chi connectivity index (χ0n) is 6.90. The van der Waals surface area contributed by atoms with Crippen molar-refractivity contribution in [2.24, 2.45) is 0 Å². The van der Waals surface area contributed by atoms with Crippen molar-refractivity contribution in [3.05, 3.63) is 42.8 Å². The number of nitrogens with zero attached hydrogens (tertiary/aromatic N) is 1. The molecule has 0 fully saturated rings. The molecule has 2 nitrogen and oxygen atoms in total. The van der Waals surface area contributed by atoms with Crippen LogP contribution in [0.4, 0.5) is 0 Å². The number of rotatable bonds is 0. The number of pyridine rings is 1. The summed E-state index contributed by atoms with van der Waals surface area (Å²) in [7, 11) is 0. The molecule has 13 heavy (non-hydrogen) atoms.